The predicted molar refractivity (Wildman–Crippen MR) is 80.0 cm³/mol. The summed E-state index contributed by atoms with van der Waals surface area (Å²) < 4.78 is 0. The van der Waals surface area contributed by atoms with Gasteiger partial charge in [0.2, 0.25) is 0 Å². The molecule has 1 heteroatoms. The summed E-state index contributed by atoms with van der Waals surface area (Å²) in [5, 5.41) is 0. The largest absolute Gasteiger partial charge is 0.297 e. The van der Waals surface area contributed by atoms with Crippen molar-refractivity contribution in [2.75, 3.05) is 7.05 Å². The van der Waals surface area contributed by atoms with E-state index in [1.807, 2.05) is 7.05 Å². The summed E-state index contributed by atoms with van der Waals surface area (Å²) in [5.41, 5.74) is 1.53. The maximum absolute atomic E-state index is 4.68. The number of hydrogen-bond donors (Lipinski definition) is 0. The Morgan fingerprint density at radius 2 is 1.00 bits per heavy atom. The van der Waals surface area contributed by atoms with Gasteiger partial charge in [0, 0.05) is 12.8 Å². The Morgan fingerprint density at radius 1 is 0.706 bits per heavy atom. The van der Waals surface area contributed by atoms with Crippen LogP contribution < -0.4 is 0 Å². The fourth-order valence-electron chi connectivity index (χ4n) is 2.97. The van der Waals surface area contributed by atoms with Crippen LogP contribution in [-0.2, 0) is 0 Å². The van der Waals surface area contributed by atoms with E-state index in [0.29, 0.717) is 0 Å². The third-order valence-electron chi connectivity index (χ3n) is 3.64. The van der Waals surface area contributed by atoms with Gasteiger partial charge in [-0.1, -0.05) is 53.4 Å². The van der Waals surface area contributed by atoms with Crippen LogP contribution >= 0.6 is 0 Å². The Hall–Kier alpha value is -0.330. The number of rotatable bonds is 10. The second kappa shape index (κ2) is 10.8. The minimum absolute atomic E-state index is 0.748. The fraction of sp³-hybridized carbons (Fsp3) is 0.938. The Kier molecular flexibility index (Phi) is 10.6. The fourth-order valence-corrected chi connectivity index (χ4v) is 2.97. The van der Waals surface area contributed by atoms with Crippen LogP contribution in [0.2, 0.25) is 0 Å². The molecule has 0 saturated heterocycles. The molecular formula is C16H33N. The van der Waals surface area contributed by atoms with E-state index in [1.165, 1.54) is 57.1 Å². The van der Waals surface area contributed by atoms with Gasteiger partial charge in [-0.2, -0.15) is 0 Å². The van der Waals surface area contributed by atoms with Gasteiger partial charge < -0.3 is 0 Å². The van der Waals surface area contributed by atoms with Gasteiger partial charge in [0.05, 0.1) is 0 Å². The highest BCUT2D eigenvalue weighted by atomic mass is 14.7. The van der Waals surface area contributed by atoms with E-state index >= 15 is 0 Å². The number of hydrogen-bond acceptors (Lipinski definition) is 1. The summed E-state index contributed by atoms with van der Waals surface area (Å²) >= 11 is 0. The van der Waals surface area contributed by atoms with Crippen LogP contribution in [0, 0.1) is 11.8 Å². The molecule has 0 radical (unpaired) electrons. The van der Waals surface area contributed by atoms with E-state index in [0.717, 1.165) is 11.8 Å². The van der Waals surface area contributed by atoms with Gasteiger partial charge in [-0.25, -0.2) is 0 Å². The van der Waals surface area contributed by atoms with Crippen molar-refractivity contribution in [3.05, 3.63) is 0 Å². The standard InChI is InChI=1S/C16H33N/c1-6-10-14(11-7-2)16(17-5)15(12-8-3)13-9-4/h14-15H,6-13H2,1-5H3. The molecule has 0 aromatic carbocycles. The molecule has 0 unspecified atom stereocenters. The summed E-state index contributed by atoms with van der Waals surface area (Å²) in [5.74, 6) is 1.50. The second-order valence-electron chi connectivity index (χ2n) is 5.20. The van der Waals surface area contributed by atoms with E-state index in [9.17, 15) is 0 Å². The molecule has 0 aliphatic heterocycles. The molecule has 0 spiro atoms. The Labute approximate surface area is 109 Å². The first-order valence-electron chi connectivity index (χ1n) is 7.71. The van der Waals surface area contributed by atoms with Crippen molar-refractivity contribution < 1.29 is 0 Å². The first-order valence-corrected chi connectivity index (χ1v) is 7.71. The molecule has 17 heavy (non-hydrogen) atoms. The zero-order valence-electron chi connectivity index (χ0n) is 12.8. The summed E-state index contributed by atoms with van der Waals surface area (Å²) in [4.78, 5) is 4.68. The van der Waals surface area contributed by atoms with Gasteiger partial charge in [-0.3, -0.25) is 4.99 Å². The van der Waals surface area contributed by atoms with Crippen LogP contribution in [0.1, 0.15) is 79.1 Å². The molecule has 102 valence electrons. The SMILES string of the molecule is CCCC(CCC)C(=NC)C(CCC)CCC. The van der Waals surface area contributed by atoms with Crippen molar-refractivity contribution in [1.82, 2.24) is 0 Å². The molecule has 0 heterocycles. The minimum atomic E-state index is 0.748. The van der Waals surface area contributed by atoms with Gasteiger partial charge in [0.1, 0.15) is 0 Å². The summed E-state index contributed by atoms with van der Waals surface area (Å²) in [6, 6.07) is 0. The average molecular weight is 239 g/mol. The summed E-state index contributed by atoms with van der Waals surface area (Å²) in [6.07, 6.45) is 10.4. The first-order chi connectivity index (χ1) is 8.24. The second-order valence-corrected chi connectivity index (χ2v) is 5.20. The molecule has 1 nitrogen and oxygen atoms in total. The maximum atomic E-state index is 4.68. The maximum Gasteiger partial charge on any atom is 0.0276 e. The van der Waals surface area contributed by atoms with Crippen LogP contribution in [0.5, 0.6) is 0 Å². The van der Waals surface area contributed by atoms with Gasteiger partial charge in [0.15, 0.2) is 0 Å². The van der Waals surface area contributed by atoms with E-state index in [2.05, 4.69) is 32.7 Å². The van der Waals surface area contributed by atoms with Gasteiger partial charge in [-0.15, -0.1) is 0 Å². The molecule has 0 aliphatic carbocycles. The molecular weight excluding hydrogens is 206 g/mol. The molecule has 0 bridgehead atoms. The molecule has 0 fully saturated rings. The topological polar surface area (TPSA) is 12.4 Å². The van der Waals surface area contributed by atoms with Crippen molar-refractivity contribution in [2.24, 2.45) is 16.8 Å². The lowest BCUT2D eigenvalue weighted by Crippen LogP contribution is -2.24. The lowest BCUT2D eigenvalue weighted by Gasteiger charge is -2.25. The molecule has 0 saturated carbocycles. The number of nitrogens with zero attached hydrogens (tertiary/aromatic N) is 1. The predicted octanol–water partition coefficient (Wildman–Crippen LogP) is 5.49. The molecule has 0 aliphatic rings. The van der Waals surface area contributed by atoms with Crippen molar-refractivity contribution in [3.63, 3.8) is 0 Å². The van der Waals surface area contributed by atoms with Crippen LogP contribution in [0.15, 0.2) is 4.99 Å². The van der Waals surface area contributed by atoms with Gasteiger partial charge >= 0.3 is 0 Å². The molecule has 0 rings (SSSR count). The minimum Gasteiger partial charge on any atom is -0.297 e. The number of aliphatic imine (C=N–C) groups is 1. The van der Waals surface area contributed by atoms with Crippen molar-refractivity contribution in [3.8, 4) is 0 Å². The zero-order chi connectivity index (χ0) is 13.1. The Morgan fingerprint density at radius 3 is 1.18 bits per heavy atom. The van der Waals surface area contributed by atoms with Gasteiger partial charge in [-0.05, 0) is 37.5 Å². The zero-order valence-corrected chi connectivity index (χ0v) is 12.8. The monoisotopic (exact) mass is 239 g/mol. The third kappa shape index (κ3) is 6.24. The third-order valence-corrected chi connectivity index (χ3v) is 3.64. The van der Waals surface area contributed by atoms with E-state index in [-0.39, 0.29) is 0 Å². The Bertz CT molecular complexity index is 166. The van der Waals surface area contributed by atoms with Crippen LogP contribution in [0.3, 0.4) is 0 Å². The molecule has 0 atom stereocenters. The van der Waals surface area contributed by atoms with E-state index in [1.54, 1.807) is 0 Å². The normalized spacial score (nSPS) is 11.2. The average Bonchev–Trinajstić information content (AvgIpc) is 2.31. The van der Waals surface area contributed by atoms with E-state index < -0.39 is 0 Å². The van der Waals surface area contributed by atoms with Crippen LogP contribution in [-0.4, -0.2) is 12.8 Å². The molecule has 0 amide bonds. The highest BCUT2D eigenvalue weighted by Gasteiger charge is 2.21. The lowest BCUT2D eigenvalue weighted by atomic mass is 9.81. The quantitative estimate of drug-likeness (QED) is 0.447. The highest BCUT2D eigenvalue weighted by Crippen LogP contribution is 2.26. The van der Waals surface area contributed by atoms with E-state index in [4.69, 9.17) is 0 Å². The lowest BCUT2D eigenvalue weighted by molar-refractivity contribution is 0.487. The van der Waals surface area contributed by atoms with Gasteiger partial charge in [0.25, 0.3) is 0 Å². The summed E-state index contributed by atoms with van der Waals surface area (Å²) in [6.45, 7) is 9.18. The van der Waals surface area contributed by atoms with Crippen molar-refractivity contribution in [1.29, 1.82) is 0 Å². The highest BCUT2D eigenvalue weighted by molar-refractivity contribution is 5.88. The smallest absolute Gasteiger partial charge is 0.0276 e. The van der Waals surface area contributed by atoms with Crippen molar-refractivity contribution >= 4 is 5.71 Å². The first kappa shape index (κ1) is 16.7. The van der Waals surface area contributed by atoms with Crippen LogP contribution in [0.25, 0.3) is 0 Å². The molecule has 0 aromatic heterocycles. The van der Waals surface area contributed by atoms with Crippen LogP contribution in [0.4, 0.5) is 0 Å². The molecule has 0 N–H and O–H groups in total. The Balaban J connectivity index is 4.70. The summed E-state index contributed by atoms with van der Waals surface area (Å²) in [7, 11) is 2.01. The van der Waals surface area contributed by atoms with Crippen molar-refractivity contribution in [2.45, 2.75) is 79.1 Å². The molecule has 0 aromatic rings.